The van der Waals surface area contributed by atoms with E-state index in [2.05, 4.69) is 0 Å². The van der Waals surface area contributed by atoms with Crippen LogP contribution in [0.25, 0.3) is 0 Å². The van der Waals surface area contributed by atoms with Crippen LogP contribution in [0.3, 0.4) is 0 Å². The van der Waals surface area contributed by atoms with Gasteiger partial charge in [0.1, 0.15) is 12.4 Å². The highest BCUT2D eigenvalue weighted by atomic mass is 35.5. The summed E-state index contributed by atoms with van der Waals surface area (Å²) in [6, 6.07) is 0. The predicted octanol–water partition coefficient (Wildman–Crippen LogP) is 2.62. The van der Waals surface area contributed by atoms with Crippen molar-refractivity contribution >= 4 is 11.6 Å². The van der Waals surface area contributed by atoms with E-state index in [9.17, 15) is 4.39 Å². The average molecular weight is 209 g/mol. The molecule has 1 atom stereocenters. The molecule has 1 saturated heterocycles. The van der Waals surface area contributed by atoms with Gasteiger partial charge in [0.25, 0.3) is 0 Å². The number of rotatable bonds is 4. The van der Waals surface area contributed by atoms with Gasteiger partial charge in [-0.25, -0.2) is 4.39 Å². The van der Waals surface area contributed by atoms with Crippen LogP contribution in [0, 0.1) is 0 Å². The monoisotopic (exact) mass is 208 g/mol. The first-order valence-electron chi connectivity index (χ1n) is 4.46. The normalized spacial score (nSPS) is 24.8. The highest BCUT2D eigenvalue weighted by molar-refractivity contribution is 6.18. The average Bonchev–Trinajstić information content (AvgIpc) is 2.17. The molecule has 0 bridgehead atoms. The molecule has 1 heterocycles. The quantitative estimate of drug-likeness (QED) is 0.662. The Morgan fingerprint density at radius 1 is 1.62 bits per heavy atom. The van der Waals surface area contributed by atoms with Crippen molar-refractivity contribution in [3.63, 3.8) is 0 Å². The topological polar surface area (TPSA) is 18.5 Å². The van der Waals surface area contributed by atoms with Gasteiger partial charge >= 0.3 is 0 Å². The third kappa shape index (κ3) is 4.60. The number of allylic oxidation sites excluding steroid dienone is 1. The minimum atomic E-state index is -0.329. The van der Waals surface area contributed by atoms with Gasteiger partial charge in [-0.2, -0.15) is 0 Å². The Balaban J connectivity index is 2.13. The van der Waals surface area contributed by atoms with E-state index < -0.39 is 0 Å². The van der Waals surface area contributed by atoms with Crippen molar-refractivity contribution in [1.29, 1.82) is 0 Å². The maximum Gasteiger partial charge on any atom is 0.158 e. The summed E-state index contributed by atoms with van der Waals surface area (Å²) in [4.78, 5) is 0. The number of hydrogen-bond acceptors (Lipinski definition) is 2. The molecule has 1 aliphatic rings. The van der Waals surface area contributed by atoms with Gasteiger partial charge in [-0.1, -0.05) is 0 Å². The third-order valence-electron chi connectivity index (χ3n) is 1.84. The van der Waals surface area contributed by atoms with Crippen molar-refractivity contribution in [2.45, 2.75) is 25.6 Å². The van der Waals surface area contributed by atoms with Crippen LogP contribution in [0.15, 0.2) is 11.9 Å². The van der Waals surface area contributed by atoms with Gasteiger partial charge in [0.15, 0.2) is 6.29 Å². The maximum absolute atomic E-state index is 12.8. The second-order valence-electron chi connectivity index (χ2n) is 2.91. The van der Waals surface area contributed by atoms with E-state index in [1.807, 2.05) is 0 Å². The minimum Gasteiger partial charge on any atom is -0.353 e. The van der Waals surface area contributed by atoms with E-state index in [1.54, 1.807) is 0 Å². The molecule has 0 aromatic rings. The summed E-state index contributed by atoms with van der Waals surface area (Å²) in [7, 11) is 0. The molecule has 0 amide bonds. The summed E-state index contributed by atoms with van der Waals surface area (Å²) in [6.45, 7) is 0.683. The van der Waals surface area contributed by atoms with Gasteiger partial charge in [0.2, 0.25) is 0 Å². The Kier molecular flexibility index (Phi) is 5.35. The zero-order valence-electron chi connectivity index (χ0n) is 7.47. The van der Waals surface area contributed by atoms with E-state index >= 15 is 0 Å². The molecule has 0 aromatic heterocycles. The number of ether oxygens (including phenoxy) is 2. The lowest BCUT2D eigenvalue weighted by Crippen LogP contribution is -2.22. The first-order valence-corrected chi connectivity index (χ1v) is 5.00. The van der Waals surface area contributed by atoms with Crippen molar-refractivity contribution in [2.75, 3.05) is 19.1 Å². The molecule has 0 aromatic carbocycles. The second kappa shape index (κ2) is 6.35. The molecule has 13 heavy (non-hydrogen) atoms. The summed E-state index contributed by atoms with van der Waals surface area (Å²) >= 11 is 5.31. The molecule has 0 saturated carbocycles. The molecule has 0 N–H and O–H groups in total. The van der Waals surface area contributed by atoms with E-state index in [1.165, 1.54) is 6.08 Å². The molecule has 0 spiro atoms. The fraction of sp³-hybridized carbons (Fsp3) is 0.778. The summed E-state index contributed by atoms with van der Waals surface area (Å²) in [5.74, 6) is -0.148. The first kappa shape index (κ1) is 11.0. The smallest absolute Gasteiger partial charge is 0.158 e. The Labute approximate surface area is 82.7 Å². The Bertz CT molecular complexity index is 167. The van der Waals surface area contributed by atoms with E-state index in [0.29, 0.717) is 6.61 Å². The summed E-state index contributed by atoms with van der Waals surface area (Å²) in [6.07, 6.45) is 4.08. The van der Waals surface area contributed by atoms with Crippen LogP contribution >= 0.6 is 11.6 Å². The van der Waals surface area contributed by atoms with Crippen molar-refractivity contribution < 1.29 is 13.9 Å². The number of hydrogen-bond donors (Lipinski definition) is 0. The number of halogens is 2. The molecular formula is C9H14ClFO2. The van der Waals surface area contributed by atoms with Crippen LogP contribution in [0.4, 0.5) is 4.39 Å². The van der Waals surface area contributed by atoms with Crippen molar-refractivity contribution in [1.82, 2.24) is 0 Å². The SMILES string of the molecule is FC(=CCCl)COC1CCCCO1. The number of alkyl halides is 1. The van der Waals surface area contributed by atoms with Crippen molar-refractivity contribution in [3.8, 4) is 0 Å². The fourth-order valence-electron chi connectivity index (χ4n) is 1.16. The van der Waals surface area contributed by atoms with Crippen LogP contribution < -0.4 is 0 Å². The lowest BCUT2D eigenvalue weighted by Gasteiger charge is -2.22. The maximum atomic E-state index is 12.8. The van der Waals surface area contributed by atoms with Gasteiger partial charge in [0, 0.05) is 12.5 Å². The highest BCUT2D eigenvalue weighted by Crippen LogP contribution is 2.14. The van der Waals surface area contributed by atoms with Crippen molar-refractivity contribution in [3.05, 3.63) is 11.9 Å². The van der Waals surface area contributed by atoms with Gasteiger partial charge in [0.05, 0.1) is 0 Å². The van der Waals surface area contributed by atoms with Gasteiger partial charge in [-0.05, 0) is 25.3 Å². The molecule has 76 valence electrons. The van der Waals surface area contributed by atoms with Crippen LogP contribution in [-0.2, 0) is 9.47 Å². The molecule has 1 unspecified atom stereocenters. The second-order valence-corrected chi connectivity index (χ2v) is 3.22. The van der Waals surface area contributed by atoms with Crippen LogP contribution in [0.1, 0.15) is 19.3 Å². The van der Waals surface area contributed by atoms with E-state index in [-0.39, 0.29) is 24.6 Å². The molecule has 0 aliphatic carbocycles. The molecule has 4 heteroatoms. The van der Waals surface area contributed by atoms with Crippen LogP contribution in [0.5, 0.6) is 0 Å². The summed E-state index contributed by atoms with van der Waals surface area (Å²) < 4.78 is 23.2. The molecule has 1 rings (SSSR count). The zero-order valence-corrected chi connectivity index (χ0v) is 8.23. The highest BCUT2D eigenvalue weighted by Gasteiger charge is 2.14. The first-order chi connectivity index (χ1) is 6.33. The lowest BCUT2D eigenvalue weighted by atomic mass is 10.2. The molecule has 1 fully saturated rings. The molecule has 2 nitrogen and oxygen atoms in total. The summed E-state index contributed by atoms with van der Waals surface area (Å²) in [5.41, 5.74) is 0. The standard InChI is InChI=1S/C9H14ClFO2/c10-5-4-8(11)7-13-9-3-1-2-6-12-9/h4,9H,1-3,5-7H2. The van der Waals surface area contributed by atoms with Gasteiger partial charge in [-0.3, -0.25) is 0 Å². The van der Waals surface area contributed by atoms with Crippen LogP contribution in [-0.4, -0.2) is 25.4 Å². The van der Waals surface area contributed by atoms with Crippen LogP contribution in [0.2, 0.25) is 0 Å². The van der Waals surface area contributed by atoms with E-state index in [0.717, 1.165) is 19.3 Å². The van der Waals surface area contributed by atoms with Crippen molar-refractivity contribution in [2.24, 2.45) is 0 Å². The fourth-order valence-corrected chi connectivity index (χ4v) is 1.33. The van der Waals surface area contributed by atoms with Gasteiger partial charge in [-0.15, -0.1) is 11.6 Å². The van der Waals surface area contributed by atoms with E-state index in [4.69, 9.17) is 21.1 Å². The lowest BCUT2D eigenvalue weighted by molar-refractivity contribution is -0.158. The Morgan fingerprint density at radius 2 is 2.46 bits per heavy atom. The summed E-state index contributed by atoms with van der Waals surface area (Å²) in [5, 5.41) is 0. The minimum absolute atomic E-state index is 0.0304. The largest absolute Gasteiger partial charge is 0.353 e. The Morgan fingerprint density at radius 3 is 3.08 bits per heavy atom. The Hall–Kier alpha value is -0.120. The zero-order chi connectivity index (χ0) is 9.52. The molecule has 1 aliphatic heterocycles. The molecular weight excluding hydrogens is 195 g/mol. The molecule has 0 radical (unpaired) electrons. The van der Waals surface area contributed by atoms with Gasteiger partial charge < -0.3 is 9.47 Å². The predicted molar refractivity (Wildman–Crippen MR) is 49.5 cm³/mol. The third-order valence-corrected chi connectivity index (χ3v) is 2.00.